The summed E-state index contributed by atoms with van der Waals surface area (Å²) in [6.07, 6.45) is 2.84. The van der Waals surface area contributed by atoms with E-state index in [9.17, 15) is 9.90 Å². The van der Waals surface area contributed by atoms with Crippen LogP contribution in [0, 0.1) is 0 Å². The van der Waals surface area contributed by atoms with Crippen molar-refractivity contribution in [3.8, 4) is 5.75 Å². The summed E-state index contributed by atoms with van der Waals surface area (Å²) in [6.45, 7) is 0.548. The van der Waals surface area contributed by atoms with Crippen LogP contribution in [0.2, 0.25) is 0 Å². The van der Waals surface area contributed by atoms with Gasteiger partial charge in [-0.05, 0) is 53.8 Å². The van der Waals surface area contributed by atoms with E-state index in [4.69, 9.17) is 9.57 Å². The Morgan fingerprint density at radius 2 is 1.53 bits per heavy atom. The van der Waals surface area contributed by atoms with E-state index in [1.165, 1.54) is 5.56 Å². The number of ether oxygens (including phenoxy) is 1. The van der Waals surface area contributed by atoms with Gasteiger partial charge in [-0.2, -0.15) is 0 Å². The Labute approximate surface area is 176 Å². The molecule has 0 spiro atoms. The lowest BCUT2D eigenvalue weighted by Gasteiger charge is -2.15. The third kappa shape index (κ3) is 7.09. The number of carboxylic acids is 1. The van der Waals surface area contributed by atoms with Crippen LogP contribution in [0.5, 0.6) is 5.75 Å². The van der Waals surface area contributed by atoms with Gasteiger partial charge in [0.05, 0.1) is 6.21 Å². The van der Waals surface area contributed by atoms with Gasteiger partial charge < -0.3 is 14.7 Å². The molecule has 0 aliphatic carbocycles. The maximum Gasteiger partial charge on any atom is 0.345 e. The monoisotopic (exact) mass is 403 g/mol. The van der Waals surface area contributed by atoms with E-state index in [0.717, 1.165) is 24.0 Å². The summed E-state index contributed by atoms with van der Waals surface area (Å²) >= 11 is 0. The Morgan fingerprint density at radius 3 is 2.17 bits per heavy atom. The standard InChI is InChI=1S/C25H25NO4/c27-25(28)24(18-21-10-5-2-6-11-21)30-23-15-13-22(14-16-23)19-26-29-17-7-12-20-8-3-1-4-9-20/h1-6,8-11,13-16,19,24H,7,12,17-18H2,(H,27,28)/b26-19+. The average molecular weight is 403 g/mol. The Morgan fingerprint density at radius 1 is 0.900 bits per heavy atom. The van der Waals surface area contributed by atoms with E-state index in [1.54, 1.807) is 18.3 Å². The van der Waals surface area contributed by atoms with E-state index in [0.29, 0.717) is 18.8 Å². The Balaban J connectivity index is 1.44. The molecule has 0 aliphatic heterocycles. The molecule has 1 atom stereocenters. The second-order valence-electron chi connectivity index (χ2n) is 6.86. The SMILES string of the molecule is O=C(O)C(Cc1ccccc1)Oc1ccc(/C=N/OCCCc2ccccc2)cc1. The van der Waals surface area contributed by atoms with Gasteiger partial charge in [0.15, 0.2) is 6.10 Å². The molecule has 1 N–H and O–H groups in total. The number of carbonyl (C=O) groups is 1. The fourth-order valence-electron chi connectivity index (χ4n) is 2.94. The van der Waals surface area contributed by atoms with Crippen molar-refractivity contribution in [3.05, 3.63) is 102 Å². The third-order valence-electron chi connectivity index (χ3n) is 4.52. The first-order valence-electron chi connectivity index (χ1n) is 9.93. The molecular weight excluding hydrogens is 378 g/mol. The molecule has 0 aliphatic rings. The molecule has 30 heavy (non-hydrogen) atoms. The van der Waals surface area contributed by atoms with Gasteiger partial charge in [0.25, 0.3) is 0 Å². The highest BCUT2D eigenvalue weighted by Crippen LogP contribution is 2.16. The van der Waals surface area contributed by atoms with E-state index < -0.39 is 12.1 Å². The van der Waals surface area contributed by atoms with Crippen molar-refractivity contribution in [2.45, 2.75) is 25.4 Å². The molecule has 0 saturated carbocycles. The van der Waals surface area contributed by atoms with Crippen LogP contribution in [-0.4, -0.2) is 30.0 Å². The van der Waals surface area contributed by atoms with Gasteiger partial charge in [-0.1, -0.05) is 65.8 Å². The van der Waals surface area contributed by atoms with Gasteiger partial charge in [0, 0.05) is 6.42 Å². The molecule has 5 heteroatoms. The van der Waals surface area contributed by atoms with Crippen molar-refractivity contribution >= 4 is 12.2 Å². The second-order valence-corrected chi connectivity index (χ2v) is 6.86. The number of hydrogen-bond donors (Lipinski definition) is 1. The van der Waals surface area contributed by atoms with Crippen molar-refractivity contribution in [1.29, 1.82) is 0 Å². The van der Waals surface area contributed by atoms with Crippen LogP contribution in [0.1, 0.15) is 23.1 Å². The van der Waals surface area contributed by atoms with Gasteiger partial charge in [0.1, 0.15) is 12.4 Å². The topological polar surface area (TPSA) is 68.1 Å². The lowest BCUT2D eigenvalue weighted by atomic mass is 10.1. The molecule has 3 aromatic rings. The molecule has 5 nitrogen and oxygen atoms in total. The van der Waals surface area contributed by atoms with Gasteiger partial charge in [-0.25, -0.2) is 4.79 Å². The summed E-state index contributed by atoms with van der Waals surface area (Å²) in [5.74, 6) is -0.493. The molecule has 1 unspecified atom stereocenters. The quantitative estimate of drug-likeness (QED) is 0.285. The van der Waals surface area contributed by atoms with Crippen molar-refractivity contribution in [2.75, 3.05) is 6.61 Å². The summed E-state index contributed by atoms with van der Waals surface area (Å²) in [4.78, 5) is 16.8. The number of oxime groups is 1. The summed E-state index contributed by atoms with van der Waals surface area (Å²) in [5, 5.41) is 13.4. The minimum absolute atomic E-state index is 0.302. The van der Waals surface area contributed by atoms with Crippen LogP contribution in [0.3, 0.4) is 0 Å². The van der Waals surface area contributed by atoms with Crippen LogP contribution in [0.4, 0.5) is 0 Å². The van der Waals surface area contributed by atoms with E-state index in [1.807, 2.05) is 60.7 Å². The molecule has 3 aromatic carbocycles. The second kappa shape index (κ2) is 11.4. The van der Waals surface area contributed by atoms with E-state index in [-0.39, 0.29) is 0 Å². The zero-order valence-electron chi connectivity index (χ0n) is 16.7. The number of benzene rings is 3. The highest BCUT2D eigenvalue weighted by atomic mass is 16.6. The minimum Gasteiger partial charge on any atom is -0.478 e. The van der Waals surface area contributed by atoms with Gasteiger partial charge in [-0.3, -0.25) is 0 Å². The van der Waals surface area contributed by atoms with Crippen molar-refractivity contribution < 1.29 is 19.5 Å². The number of nitrogens with zero attached hydrogens (tertiary/aromatic N) is 1. The Kier molecular flexibility index (Phi) is 8.03. The first-order chi connectivity index (χ1) is 14.7. The fourth-order valence-corrected chi connectivity index (χ4v) is 2.94. The van der Waals surface area contributed by atoms with Crippen LogP contribution < -0.4 is 4.74 Å². The van der Waals surface area contributed by atoms with Gasteiger partial charge in [-0.15, -0.1) is 0 Å². The molecule has 0 saturated heterocycles. The highest BCUT2D eigenvalue weighted by molar-refractivity contribution is 5.79. The largest absolute Gasteiger partial charge is 0.478 e. The number of rotatable bonds is 11. The Bertz CT molecular complexity index is 924. The molecule has 154 valence electrons. The predicted octanol–water partition coefficient (Wildman–Crippen LogP) is 4.74. The third-order valence-corrected chi connectivity index (χ3v) is 4.52. The first-order valence-corrected chi connectivity index (χ1v) is 9.93. The summed E-state index contributed by atoms with van der Waals surface area (Å²) in [7, 11) is 0. The predicted molar refractivity (Wildman–Crippen MR) is 117 cm³/mol. The van der Waals surface area contributed by atoms with Crippen molar-refractivity contribution in [2.24, 2.45) is 5.16 Å². The molecule has 0 radical (unpaired) electrons. The lowest BCUT2D eigenvalue weighted by Crippen LogP contribution is -2.29. The summed E-state index contributed by atoms with van der Waals surface area (Å²) in [6, 6.07) is 26.8. The number of carboxylic acid groups (broad SMARTS) is 1. The highest BCUT2D eigenvalue weighted by Gasteiger charge is 2.19. The normalized spacial score (nSPS) is 11.9. The number of aliphatic carboxylic acids is 1. The molecule has 0 fully saturated rings. The van der Waals surface area contributed by atoms with Crippen LogP contribution in [0.25, 0.3) is 0 Å². The van der Waals surface area contributed by atoms with Gasteiger partial charge in [0.2, 0.25) is 0 Å². The van der Waals surface area contributed by atoms with Crippen molar-refractivity contribution in [1.82, 2.24) is 0 Å². The zero-order chi connectivity index (χ0) is 21.0. The zero-order valence-corrected chi connectivity index (χ0v) is 16.7. The van der Waals surface area contributed by atoms with Crippen LogP contribution in [0.15, 0.2) is 90.1 Å². The molecule has 0 bridgehead atoms. The molecule has 0 heterocycles. The molecule has 3 rings (SSSR count). The summed E-state index contributed by atoms with van der Waals surface area (Å²) in [5.41, 5.74) is 3.05. The minimum atomic E-state index is -0.992. The smallest absolute Gasteiger partial charge is 0.345 e. The maximum atomic E-state index is 11.5. The first kappa shape index (κ1) is 21.1. The summed E-state index contributed by atoms with van der Waals surface area (Å²) < 4.78 is 5.66. The molecule has 0 amide bonds. The number of aryl methyl sites for hydroxylation is 1. The molecular formula is C25H25NO4. The van der Waals surface area contributed by atoms with E-state index >= 15 is 0 Å². The molecule has 0 aromatic heterocycles. The average Bonchev–Trinajstić information content (AvgIpc) is 2.78. The van der Waals surface area contributed by atoms with Gasteiger partial charge >= 0.3 is 5.97 Å². The fraction of sp³-hybridized carbons (Fsp3) is 0.200. The Hall–Kier alpha value is -3.60. The maximum absolute atomic E-state index is 11.5. The van der Waals surface area contributed by atoms with Crippen LogP contribution in [-0.2, 0) is 22.5 Å². The van der Waals surface area contributed by atoms with Crippen molar-refractivity contribution in [3.63, 3.8) is 0 Å². The van der Waals surface area contributed by atoms with Crippen LogP contribution >= 0.6 is 0 Å². The number of hydrogen-bond acceptors (Lipinski definition) is 4. The van der Waals surface area contributed by atoms with E-state index in [2.05, 4.69) is 17.3 Å². The lowest BCUT2D eigenvalue weighted by molar-refractivity contribution is -0.145.